The molecule has 8 heteroatoms. The van der Waals surface area contributed by atoms with Crippen LogP contribution in [0.2, 0.25) is 5.02 Å². The van der Waals surface area contributed by atoms with Crippen LogP contribution in [0.5, 0.6) is 0 Å². The zero-order valence-electron chi connectivity index (χ0n) is 12.7. The minimum Gasteiger partial charge on any atom is -0.393 e. The number of halogens is 2. The molecule has 1 aromatic carbocycles. The number of nitrogen functional groups attached to an aromatic ring is 1. The Hall–Kier alpha value is -2.93. The molecule has 122 valence electrons. The van der Waals surface area contributed by atoms with Crippen molar-refractivity contribution < 1.29 is 4.39 Å². The molecule has 2 heterocycles. The van der Waals surface area contributed by atoms with E-state index in [0.29, 0.717) is 28.8 Å². The summed E-state index contributed by atoms with van der Waals surface area (Å²) < 4.78 is 13.2. The van der Waals surface area contributed by atoms with Gasteiger partial charge in [-0.3, -0.25) is 0 Å². The Bertz CT molecular complexity index is 886. The molecule has 2 aromatic heterocycles. The summed E-state index contributed by atoms with van der Waals surface area (Å²) in [5.74, 6) is 0.920. The van der Waals surface area contributed by atoms with E-state index in [2.05, 4.69) is 25.6 Å². The van der Waals surface area contributed by atoms with Gasteiger partial charge in [0.15, 0.2) is 11.6 Å². The maximum Gasteiger partial charge on any atom is 0.160 e. The van der Waals surface area contributed by atoms with Crippen LogP contribution in [-0.2, 0) is 0 Å². The summed E-state index contributed by atoms with van der Waals surface area (Å²) in [7, 11) is 0. The monoisotopic (exact) mass is 344 g/mol. The first-order valence-corrected chi connectivity index (χ1v) is 7.43. The third-order valence-corrected chi connectivity index (χ3v) is 3.52. The highest BCUT2D eigenvalue weighted by molar-refractivity contribution is 6.31. The fourth-order valence-corrected chi connectivity index (χ4v) is 2.21. The molecule has 0 saturated heterocycles. The summed E-state index contributed by atoms with van der Waals surface area (Å²) >= 11 is 5.77. The van der Waals surface area contributed by atoms with E-state index in [4.69, 9.17) is 17.3 Å². The number of rotatable bonds is 4. The molecule has 3 rings (SSSR count). The second kappa shape index (κ2) is 6.67. The van der Waals surface area contributed by atoms with E-state index in [0.717, 1.165) is 5.56 Å². The standard InChI is InChI=1S/C16H14ClFN6/c1-9-4-5-20-13(6-9)24-16-14(19)15(21-8-22-16)23-10-2-3-12(18)11(17)7-10/h2-8H,19H2,1H3,(H2,20,21,22,23,24). The Balaban J connectivity index is 1.86. The molecule has 0 saturated carbocycles. The summed E-state index contributed by atoms with van der Waals surface area (Å²) in [6, 6.07) is 8.01. The molecule has 6 nitrogen and oxygen atoms in total. The molecule has 24 heavy (non-hydrogen) atoms. The van der Waals surface area contributed by atoms with Crippen LogP contribution < -0.4 is 16.4 Å². The zero-order valence-corrected chi connectivity index (χ0v) is 13.5. The van der Waals surface area contributed by atoms with Crippen molar-refractivity contribution in [1.82, 2.24) is 15.0 Å². The Morgan fingerprint density at radius 2 is 1.79 bits per heavy atom. The molecule has 0 unspecified atom stereocenters. The van der Waals surface area contributed by atoms with Crippen molar-refractivity contribution in [3.05, 3.63) is 59.3 Å². The quantitative estimate of drug-likeness (QED) is 0.662. The number of hydrogen-bond acceptors (Lipinski definition) is 6. The van der Waals surface area contributed by atoms with E-state index in [-0.39, 0.29) is 5.02 Å². The predicted octanol–water partition coefficient (Wildman–Crippen LogP) is 4.04. The van der Waals surface area contributed by atoms with Crippen LogP contribution in [0.1, 0.15) is 5.56 Å². The maximum absolute atomic E-state index is 13.2. The van der Waals surface area contributed by atoms with Crippen molar-refractivity contribution in [2.75, 3.05) is 16.4 Å². The molecule has 4 N–H and O–H groups in total. The number of nitrogens with two attached hydrogens (primary N) is 1. The normalized spacial score (nSPS) is 10.5. The fourth-order valence-electron chi connectivity index (χ4n) is 2.03. The van der Waals surface area contributed by atoms with Crippen LogP contribution >= 0.6 is 11.6 Å². The van der Waals surface area contributed by atoms with Gasteiger partial charge in [0.1, 0.15) is 23.6 Å². The fraction of sp³-hybridized carbons (Fsp3) is 0.0625. The van der Waals surface area contributed by atoms with Crippen molar-refractivity contribution >= 4 is 40.4 Å². The van der Waals surface area contributed by atoms with Crippen LogP contribution in [0.25, 0.3) is 0 Å². The molecule has 0 atom stereocenters. The van der Waals surface area contributed by atoms with Crippen molar-refractivity contribution in [3.8, 4) is 0 Å². The van der Waals surface area contributed by atoms with Gasteiger partial charge in [0.05, 0.1) is 5.02 Å². The van der Waals surface area contributed by atoms with Gasteiger partial charge in [-0.1, -0.05) is 11.6 Å². The minimum atomic E-state index is -0.495. The highest BCUT2D eigenvalue weighted by atomic mass is 35.5. The van der Waals surface area contributed by atoms with E-state index >= 15 is 0 Å². The number of pyridine rings is 1. The van der Waals surface area contributed by atoms with Gasteiger partial charge in [0.2, 0.25) is 0 Å². The van der Waals surface area contributed by atoms with Crippen LogP contribution in [-0.4, -0.2) is 15.0 Å². The van der Waals surface area contributed by atoms with Crippen molar-refractivity contribution in [2.24, 2.45) is 0 Å². The number of benzene rings is 1. The Morgan fingerprint density at radius 1 is 1.04 bits per heavy atom. The summed E-state index contributed by atoms with van der Waals surface area (Å²) in [6.45, 7) is 1.96. The molecule has 0 amide bonds. The predicted molar refractivity (Wildman–Crippen MR) is 93.4 cm³/mol. The van der Waals surface area contributed by atoms with Crippen molar-refractivity contribution in [2.45, 2.75) is 6.92 Å². The van der Waals surface area contributed by atoms with Crippen LogP contribution in [0.15, 0.2) is 42.9 Å². The van der Waals surface area contributed by atoms with Crippen molar-refractivity contribution in [1.29, 1.82) is 0 Å². The molecular weight excluding hydrogens is 331 g/mol. The van der Waals surface area contributed by atoms with Crippen LogP contribution in [0.4, 0.5) is 33.2 Å². The summed E-state index contributed by atoms with van der Waals surface area (Å²) in [4.78, 5) is 12.4. The molecule has 0 fully saturated rings. The molecule has 0 bridgehead atoms. The second-order valence-electron chi connectivity index (χ2n) is 5.08. The van der Waals surface area contributed by atoms with Gasteiger partial charge in [-0.2, -0.15) is 0 Å². The number of aromatic nitrogens is 3. The number of hydrogen-bond donors (Lipinski definition) is 3. The van der Waals surface area contributed by atoms with Gasteiger partial charge >= 0.3 is 0 Å². The average molecular weight is 345 g/mol. The van der Waals surface area contributed by atoms with Crippen LogP contribution in [0, 0.1) is 12.7 Å². The molecule has 0 aliphatic rings. The summed E-state index contributed by atoms with van der Waals surface area (Å²) in [6.07, 6.45) is 3.05. The lowest BCUT2D eigenvalue weighted by Gasteiger charge is -2.12. The SMILES string of the molecule is Cc1ccnc(Nc2ncnc(Nc3ccc(F)c(Cl)c3)c2N)c1. The average Bonchev–Trinajstić information content (AvgIpc) is 2.55. The third kappa shape index (κ3) is 3.52. The minimum absolute atomic E-state index is 0.00920. The maximum atomic E-state index is 13.2. The summed E-state index contributed by atoms with van der Waals surface area (Å²) in [5, 5.41) is 6.05. The van der Waals surface area contributed by atoms with Gasteiger partial charge in [-0.15, -0.1) is 0 Å². The lowest BCUT2D eigenvalue weighted by Crippen LogP contribution is -2.06. The highest BCUT2D eigenvalue weighted by Crippen LogP contribution is 2.29. The molecule has 3 aromatic rings. The van der Waals surface area contributed by atoms with E-state index < -0.39 is 5.82 Å². The van der Waals surface area contributed by atoms with Crippen molar-refractivity contribution in [3.63, 3.8) is 0 Å². The van der Waals surface area contributed by atoms with Gasteiger partial charge in [-0.05, 0) is 42.8 Å². The molecule has 0 aliphatic carbocycles. The molecular formula is C16H14ClFN6. The number of anilines is 5. The van der Waals surface area contributed by atoms with Gasteiger partial charge < -0.3 is 16.4 Å². The van der Waals surface area contributed by atoms with Gasteiger partial charge in [-0.25, -0.2) is 19.3 Å². The Labute approximate surface area is 142 Å². The first kappa shape index (κ1) is 15.9. The third-order valence-electron chi connectivity index (χ3n) is 3.23. The first-order chi connectivity index (χ1) is 11.5. The largest absolute Gasteiger partial charge is 0.393 e. The van der Waals surface area contributed by atoms with Gasteiger partial charge in [0, 0.05) is 11.9 Å². The zero-order chi connectivity index (χ0) is 17.1. The first-order valence-electron chi connectivity index (χ1n) is 7.05. The topological polar surface area (TPSA) is 88.8 Å². The van der Waals surface area contributed by atoms with E-state index in [9.17, 15) is 4.39 Å². The number of nitrogens with one attached hydrogen (secondary N) is 2. The molecule has 0 aliphatic heterocycles. The molecule has 0 radical (unpaired) electrons. The Morgan fingerprint density at radius 3 is 2.50 bits per heavy atom. The second-order valence-corrected chi connectivity index (χ2v) is 5.49. The van der Waals surface area contributed by atoms with E-state index in [1.807, 2.05) is 19.1 Å². The lowest BCUT2D eigenvalue weighted by atomic mass is 10.3. The van der Waals surface area contributed by atoms with E-state index in [1.165, 1.54) is 24.5 Å². The van der Waals surface area contributed by atoms with Gasteiger partial charge in [0.25, 0.3) is 0 Å². The molecule has 0 spiro atoms. The Kier molecular flexibility index (Phi) is 4.43. The highest BCUT2D eigenvalue weighted by Gasteiger charge is 2.10. The lowest BCUT2D eigenvalue weighted by molar-refractivity contribution is 0.628. The summed E-state index contributed by atoms with van der Waals surface area (Å²) in [5.41, 5.74) is 8.02. The smallest absolute Gasteiger partial charge is 0.160 e. The number of nitrogens with zero attached hydrogens (tertiary/aromatic N) is 3. The van der Waals surface area contributed by atoms with Crippen LogP contribution in [0.3, 0.4) is 0 Å². The van der Waals surface area contributed by atoms with E-state index in [1.54, 1.807) is 6.20 Å². The number of aryl methyl sites for hydroxylation is 1.